The third-order valence-corrected chi connectivity index (χ3v) is 2.45. The second-order valence-electron chi connectivity index (χ2n) is 3.72. The molecule has 6 nitrogen and oxygen atoms in total. The van der Waals surface area contributed by atoms with Crippen molar-refractivity contribution in [1.82, 2.24) is 0 Å². The van der Waals surface area contributed by atoms with E-state index < -0.39 is 35.0 Å². The molecule has 0 spiro atoms. The van der Waals surface area contributed by atoms with Gasteiger partial charge in [0.25, 0.3) is 12.1 Å². The van der Waals surface area contributed by atoms with Gasteiger partial charge in [0.15, 0.2) is 0 Å². The molecule has 1 aromatic carbocycles. The minimum Gasteiger partial charge on any atom is -0.466 e. The molecule has 0 N–H and O–H groups in total. The molecule has 0 unspecified atom stereocenters. The minimum absolute atomic E-state index is 0.0843. The normalized spacial score (nSPS) is 10.2. The predicted octanol–water partition coefficient (Wildman–Crippen LogP) is 2.51. The van der Waals surface area contributed by atoms with Crippen LogP contribution in [0.25, 0.3) is 0 Å². The fourth-order valence-corrected chi connectivity index (χ4v) is 1.61. The van der Waals surface area contributed by atoms with Crippen molar-refractivity contribution in [2.75, 3.05) is 6.61 Å². The molecule has 0 aliphatic carbocycles. The number of halogens is 2. The second-order valence-corrected chi connectivity index (χ2v) is 3.72. The first-order chi connectivity index (χ1) is 9.40. The van der Waals surface area contributed by atoms with Gasteiger partial charge in [-0.2, -0.15) is 5.26 Å². The Balaban J connectivity index is 3.32. The molecule has 0 aliphatic heterocycles. The van der Waals surface area contributed by atoms with Gasteiger partial charge in [0.2, 0.25) is 0 Å². The van der Waals surface area contributed by atoms with Crippen molar-refractivity contribution < 1.29 is 23.2 Å². The van der Waals surface area contributed by atoms with Crippen LogP contribution in [0.5, 0.6) is 0 Å². The van der Waals surface area contributed by atoms with Crippen LogP contribution in [0.3, 0.4) is 0 Å². The van der Waals surface area contributed by atoms with Crippen LogP contribution in [0.2, 0.25) is 0 Å². The van der Waals surface area contributed by atoms with E-state index in [2.05, 4.69) is 4.74 Å². The van der Waals surface area contributed by atoms with Crippen LogP contribution in [0.1, 0.15) is 30.0 Å². The monoisotopic (exact) mass is 284 g/mol. The SMILES string of the molecule is CCOC(=O)Cc1cc(C#N)c([N+](=O)[O-])cc1C(F)F. The van der Waals surface area contributed by atoms with E-state index in [1.807, 2.05) is 0 Å². The first kappa shape index (κ1) is 15.5. The van der Waals surface area contributed by atoms with Crippen LogP contribution >= 0.6 is 0 Å². The zero-order valence-corrected chi connectivity index (χ0v) is 10.4. The van der Waals surface area contributed by atoms with E-state index in [9.17, 15) is 23.7 Å². The number of nitriles is 1. The molecule has 0 amide bonds. The van der Waals surface area contributed by atoms with Crippen LogP contribution < -0.4 is 0 Å². The van der Waals surface area contributed by atoms with Gasteiger partial charge in [-0.15, -0.1) is 0 Å². The van der Waals surface area contributed by atoms with Crippen molar-refractivity contribution in [3.05, 3.63) is 38.9 Å². The molecule has 20 heavy (non-hydrogen) atoms. The largest absolute Gasteiger partial charge is 0.466 e. The number of ether oxygens (including phenoxy) is 1. The quantitative estimate of drug-likeness (QED) is 0.470. The molecule has 1 rings (SSSR count). The maximum atomic E-state index is 12.9. The molecular weight excluding hydrogens is 274 g/mol. The summed E-state index contributed by atoms with van der Waals surface area (Å²) in [4.78, 5) is 21.1. The van der Waals surface area contributed by atoms with Crippen LogP contribution in [0.15, 0.2) is 12.1 Å². The fourth-order valence-electron chi connectivity index (χ4n) is 1.61. The molecule has 1 aromatic rings. The summed E-state index contributed by atoms with van der Waals surface area (Å²) < 4.78 is 30.4. The maximum absolute atomic E-state index is 12.9. The molecule has 8 heteroatoms. The summed E-state index contributed by atoms with van der Waals surface area (Å²) >= 11 is 0. The smallest absolute Gasteiger partial charge is 0.310 e. The van der Waals surface area contributed by atoms with Crippen molar-refractivity contribution in [2.45, 2.75) is 19.8 Å². The lowest BCUT2D eigenvalue weighted by Gasteiger charge is -2.09. The van der Waals surface area contributed by atoms with Crippen LogP contribution in [0, 0.1) is 21.4 Å². The van der Waals surface area contributed by atoms with E-state index in [1.54, 1.807) is 13.0 Å². The molecule has 0 fully saturated rings. The van der Waals surface area contributed by atoms with Crippen LogP contribution in [-0.2, 0) is 16.0 Å². The number of hydrogen-bond donors (Lipinski definition) is 0. The van der Waals surface area contributed by atoms with Gasteiger partial charge in [0.1, 0.15) is 11.6 Å². The number of nitro groups is 1. The summed E-state index contributed by atoms with van der Waals surface area (Å²) in [5, 5.41) is 19.5. The molecule has 0 aliphatic rings. The molecule has 0 radical (unpaired) electrons. The highest BCUT2D eigenvalue weighted by Crippen LogP contribution is 2.30. The Morgan fingerprint density at radius 2 is 2.20 bits per heavy atom. The number of hydrogen-bond acceptors (Lipinski definition) is 5. The summed E-state index contributed by atoms with van der Waals surface area (Å²) in [5.74, 6) is -0.743. The molecule has 0 bridgehead atoms. The Kier molecular flexibility index (Phi) is 5.08. The fraction of sp³-hybridized carbons (Fsp3) is 0.333. The highest BCUT2D eigenvalue weighted by Gasteiger charge is 2.24. The second kappa shape index (κ2) is 6.56. The Labute approximate surface area is 112 Å². The van der Waals surface area contributed by atoms with Gasteiger partial charge in [-0.05, 0) is 18.6 Å². The lowest BCUT2D eigenvalue weighted by molar-refractivity contribution is -0.385. The summed E-state index contributed by atoms with van der Waals surface area (Å²) in [6.45, 7) is 1.64. The molecule has 0 heterocycles. The van der Waals surface area contributed by atoms with Gasteiger partial charge < -0.3 is 4.74 Å². The minimum atomic E-state index is -2.99. The summed E-state index contributed by atoms with van der Waals surface area (Å²) in [5.41, 5.74) is -1.89. The average Bonchev–Trinajstić information content (AvgIpc) is 2.37. The van der Waals surface area contributed by atoms with E-state index >= 15 is 0 Å². The third kappa shape index (κ3) is 3.47. The van der Waals surface area contributed by atoms with Crippen molar-refractivity contribution in [3.63, 3.8) is 0 Å². The number of benzene rings is 1. The third-order valence-electron chi connectivity index (χ3n) is 2.45. The number of carbonyl (C=O) groups is 1. The van der Waals surface area contributed by atoms with Gasteiger partial charge in [0, 0.05) is 11.6 Å². The number of nitrogens with zero attached hydrogens (tertiary/aromatic N) is 2. The highest BCUT2D eigenvalue weighted by atomic mass is 19.3. The number of nitro benzene ring substituents is 1. The van der Waals surface area contributed by atoms with Crippen LogP contribution in [0.4, 0.5) is 14.5 Å². The Morgan fingerprint density at radius 1 is 1.55 bits per heavy atom. The van der Waals surface area contributed by atoms with Gasteiger partial charge in [-0.25, -0.2) is 8.78 Å². The van der Waals surface area contributed by atoms with E-state index in [0.717, 1.165) is 6.07 Å². The standard InChI is InChI=1S/C12H10F2N2O4/c1-2-20-11(17)4-7-3-8(6-15)10(16(18)19)5-9(7)12(13)14/h3,5,12H,2,4H2,1H3. The van der Waals surface area contributed by atoms with Gasteiger partial charge in [-0.3, -0.25) is 14.9 Å². The van der Waals surface area contributed by atoms with Crippen molar-refractivity contribution in [3.8, 4) is 6.07 Å². The Morgan fingerprint density at radius 3 is 2.65 bits per heavy atom. The maximum Gasteiger partial charge on any atom is 0.310 e. The Bertz CT molecular complexity index is 582. The van der Waals surface area contributed by atoms with E-state index in [0.29, 0.717) is 6.07 Å². The lowest BCUT2D eigenvalue weighted by atomic mass is 10.00. The summed E-state index contributed by atoms with van der Waals surface area (Å²) in [6, 6.07) is 3.10. The van der Waals surface area contributed by atoms with Crippen molar-refractivity contribution >= 4 is 11.7 Å². The van der Waals surface area contributed by atoms with E-state index in [4.69, 9.17) is 5.26 Å². The first-order valence-corrected chi connectivity index (χ1v) is 5.55. The Hall–Kier alpha value is -2.56. The number of alkyl halides is 2. The molecule has 0 saturated heterocycles. The molecule has 0 saturated carbocycles. The zero-order chi connectivity index (χ0) is 15.3. The number of carbonyl (C=O) groups excluding carboxylic acids is 1. The van der Waals surface area contributed by atoms with Crippen LogP contribution in [-0.4, -0.2) is 17.5 Å². The average molecular weight is 284 g/mol. The molecule has 0 aromatic heterocycles. The topological polar surface area (TPSA) is 93.2 Å². The molecule has 0 atom stereocenters. The summed E-state index contributed by atoms with van der Waals surface area (Å²) in [6.07, 6.45) is -3.47. The van der Waals surface area contributed by atoms with E-state index in [1.165, 1.54) is 0 Å². The zero-order valence-electron chi connectivity index (χ0n) is 10.4. The lowest BCUT2D eigenvalue weighted by Crippen LogP contribution is -2.10. The van der Waals surface area contributed by atoms with Gasteiger partial charge >= 0.3 is 5.97 Å². The first-order valence-electron chi connectivity index (χ1n) is 5.55. The number of rotatable bonds is 5. The summed E-state index contributed by atoms with van der Waals surface area (Å²) in [7, 11) is 0. The molecular formula is C12H10F2N2O4. The number of esters is 1. The van der Waals surface area contributed by atoms with Crippen molar-refractivity contribution in [1.29, 1.82) is 5.26 Å². The molecule has 106 valence electrons. The van der Waals surface area contributed by atoms with E-state index in [-0.39, 0.29) is 17.7 Å². The highest BCUT2D eigenvalue weighted by molar-refractivity contribution is 5.74. The van der Waals surface area contributed by atoms with Crippen molar-refractivity contribution in [2.24, 2.45) is 0 Å². The van der Waals surface area contributed by atoms with Gasteiger partial charge in [0.05, 0.1) is 18.0 Å². The predicted molar refractivity (Wildman–Crippen MR) is 63.1 cm³/mol. The van der Waals surface area contributed by atoms with Gasteiger partial charge in [-0.1, -0.05) is 0 Å².